The molecule has 0 saturated carbocycles. The molecule has 0 heterocycles. The second-order valence-corrected chi connectivity index (χ2v) is 5.47. The standard InChI is InChI=1S/C11H16BrNS/c1-9(13)6-7-14-8-10-2-4-11(12)5-3-10/h2-5,9H,6-8,13H2,1H3. The second kappa shape index (κ2) is 6.49. The lowest BCUT2D eigenvalue weighted by molar-refractivity contribution is 0.721. The zero-order valence-corrected chi connectivity index (χ0v) is 10.8. The SMILES string of the molecule is CC(N)CCSCc1ccc(Br)cc1. The fraction of sp³-hybridized carbons (Fsp3) is 0.455. The van der Waals surface area contributed by atoms with E-state index in [4.69, 9.17) is 5.73 Å². The maximum Gasteiger partial charge on any atom is 0.0184 e. The van der Waals surface area contributed by atoms with Crippen LogP contribution in [0.25, 0.3) is 0 Å². The lowest BCUT2D eigenvalue weighted by atomic mass is 10.2. The van der Waals surface area contributed by atoms with Crippen LogP contribution in [0.2, 0.25) is 0 Å². The minimum atomic E-state index is 0.326. The fourth-order valence-corrected chi connectivity index (χ4v) is 2.42. The summed E-state index contributed by atoms with van der Waals surface area (Å²) in [6.45, 7) is 2.06. The summed E-state index contributed by atoms with van der Waals surface area (Å²) in [5.41, 5.74) is 7.05. The first-order chi connectivity index (χ1) is 6.68. The van der Waals surface area contributed by atoms with Gasteiger partial charge in [-0.15, -0.1) is 0 Å². The molecular formula is C11H16BrNS. The van der Waals surface area contributed by atoms with Gasteiger partial charge < -0.3 is 5.73 Å². The van der Waals surface area contributed by atoms with Gasteiger partial charge in [-0.2, -0.15) is 11.8 Å². The Morgan fingerprint density at radius 3 is 2.57 bits per heavy atom. The molecule has 1 rings (SSSR count). The van der Waals surface area contributed by atoms with Gasteiger partial charge >= 0.3 is 0 Å². The van der Waals surface area contributed by atoms with Crippen molar-refractivity contribution in [2.75, 3.05) is 5.75 Å². The van der Waals surface area contributed by atoms with Crippen LogP contribution in [-0.4, -0.2) is 11.8 Å². The van der Waals surface area contributed by atoms with Crippen LogP contribution in [0.4, 0.5) is 0 Å². The predicted molar refractivity (Wildman–Crippen MR) is 68.6 cm³/mol. The van der Waals surface area contributed by atoms with Crippen molar-refractivity contribution in [3.05, 3.63) is 34.3 Å². The van der Waals surface area contributed by atoms with Crippen LogP contribution < -0.4 is 5.73 Å². The molecule has 0 saturated heterocycles. The van der Waals surface area contributed by atoms with E-state index >= 15 is 0 Å². The van der Waals surface area contributed by atoms with E-state index in [0.29, 0.717) is 6.04 Å². The molecule has 78 valence electrons. The van der Waals surface area contributed by atoms with Crippen molar-refractivity contribution in [1.29, 1.82) is 0 Å². The molecule has 1 unspecified atom stereocenters. The smallest absolute Gasteiger partial charge is 0.0184 e. The van der Waals surface area contributed by atoms with Crippen molar-refractivity contribution in [2.45, 2.75) is 25.1 Å². The number of hydrogen-bond donors (Lipinski definition) is 1. The number of halogens is 1. The summed E-state index contributed by atoms with van der Waals surface area (Å²) in [5, 5.41) is 0. The largest absolute Gasteiger partial charge is 0.328 e. The Kier molecular flexibility index (Phi) is 5.60. The highest BCUT2D eigenvalue weighted by atomic mass is 79.9. The summed E-state index contributed by atoms with van der Waals surface area (Å²) in [6, 6.07) is 8.81. The Morgan fingerprint density at radius 2 is 2.00 bits per heavy atom. The van der Waals surface area contributed by atoms with Crippen LogP contribution in [0.1, 0.15) is 18.9 Å². The van der Waals surface area contributed by atoms with Crippen molar-refractivity contribution in [2.24, 2.45) is 5.73 Å². The van der Waals surface area contributed by atoms with E-state index < -0.39 is 0 Å². The fourth-order valence-electron chi connectivity index (χ4n) is 1.04. The van der Waals surface area contributed by atoms with Gasteiger partial charge in [0.15, 0.2) is 0 Å². The van der Waals surface area contributed by atoms with Crippen LogP contribution in [0.5, 0.6) is 0 Å². The van der Waals surface area contributed by atoms with Crippen LogP contribution in [0, 0.1) is 0 Å². The van der Waals surface area contributed by atoms with E-state index in [0.717, 1.165) is 22.4 Å². The van der Waals surface area contributed by atoms with Gasteiger partial charge in [-0.25, -0.2) is 0 Å². The van der Waals surface area contributed by atoms with Gasteiger partial charge in [-0.3, -0.25) is 0 Å². The first-order valence-electron chi connectivity index (χ1n) is 4.76. The summed E-state index contributed by atoms with van der Waals surface area (Å²) in [6.07, 6.45) is 1.10. The van der Waals surface area contributed by atoms with Gasteiger partial charge in [0.25, 0.3) is 0 Å². The Balaban J connectivity index is 2.21. The van der Waals surface area contributed by atoms with Crippen molar-refractivity contribution in [1.82, 2.24) is 0 Å². The Labute approximate surface area is 98.6 Å². The first-order valence-corrected chi connectivity index (χ1v) is 6.71. The van der Waals surface area contributed by atoms with E-state index in [1.54, 1.807) is 0 Å². The van der Waals surface area contributed by atoms with Crippen LogP contribution in [-0.2, 0) is 5.75 Å². The zero-order chi connectivity index (χ0) is 10.4. The number of benzene rings is 1. The summed E-state index contributed by atoms with van der Waals surface area (Å²) < 4.78 is 1.14. The highest BCUT2D eigenvalue weighted by Crippen LogP contribution is 2.16. The maximum atomic E-state index is 5.67. The average Bonchev–Trinajstić information content (AvgIpc) is 2.15. The molecule has 14 heavy (non-hydrogen) atoms. The molecule has 0 aliphatic rings. The van der Waals surface area contributed by atoms with Gasteiger partial charge in [-0.05, 0) is 36.8 Å². The highest BCUT2D eigenvalue weighted by molar-refractivity contribution is 9.10. The van der Waals surface area contributed by atoms with Crippen molar-refractivity contribution in [3.63, 3.8) is 0 Å². The monoisotopic (exact) mass is 273 g/mol. The maximum absolute atomic E-state index is 5.67. The summed E-state index contributed by atoms with van der Waals surface area (Å²) in [7, 11) is 0. The molecule has 1 atom stereocenters. The minimum absolute atomic E-state index is 0.326. The van der Waals surface area contributed by atoms with Crippen LogP contribution >= 0.6 is 27.7 Å². The molecule has 0 aliphatic carbocycles. The number of nitrogens with two attached hydrogens (primary N) is 1. The molecule has 1 aromatic carbocycles. The molecule has 0 aliphatic heterocycles. The molecule has 0 fully saturated rings. The van der Waals surface area contributed by atoms with Gasteiger partial charge in [0.1, 0.15) is 0 Å². The Morgan fingerprint density at radius 1 is 1.36 bits per heavy atom. The number of hydrogen-bond acceptors (Lipinski definition) is 2. The molecule has 0 aromatic heterocycles. The second-order valence-electron chi connectivity index (χ2n) is 3.45. The first kappa shape index (κ1) is 12.1. The average molecular weight is 274 g/mol. The highest BCUT2D eigenvalue weighted by Gasteiger charge is 1.96. The van der Waals surface area contributed by atoms with Crippen LogP contribution in [0.15, 0.2) is 28.7 Å². The third-order valence-corrected chi connectivity index (χ3v) is 3.49. The van der Waals surface area contributed by atoms with Gasteiger partial charge in [0, 0.05) is 16.3 Å². The lowest BCUT2D eigenvalue weighted by Gasteiger charge is -2.04. The summed E-state index contributed by atoms with van der Waals surface area (Å²) in [4.78, 5) is 0. The quantitative estimate of drug-likeness (QED) is 0.833. The Hall–Kier alpha value is 0.01000. The normalized spacial score (nSPS) is 12.8. The number of thioether (sulfide) groups is 1. The molecule has 0 bridgehead atoms. The molecule has 0 spiro atoms. The van der Waals surface area contributed by atoms with E-state index in [1.165, 1.54) is 5.56 Å². The third kappa shape index (κ3) is 5.03. The molecule has 0 radical (unpaired) electrons. The van der Waals surface area contributed by atoms with Crippen molar-refractivity contribution < 1.29 is 0 Å². The summed E-state index contributed by atoms with van der Waals surface area (Å²) >= 11 is 5.37. The molecular weight excluding hydrogens is 258 g/mol. The summed E-state index contributed by atoms with van der Waals surface area (Å²) in [5.74, 6) is 2.23. The third-order valence-electron chi connectivity index (χ3n) is 1.90. The Bertz CT molecular complexity index is 258. The number of rotatable bonds is 5. The van der Waals surface area contributed by atoms with E-state index in [9.17, 15) is 0 Å². The van der Waals surface area contributed by atoms with Gasteiger partial charge in [0.05, 0.1) is 0 Å². The van der Waals surface area contributed by atoms with Crippen molar-refractivity contribution >= 4 is 27.7 Å². The molecule has 1 nitrogen and oxygen atoms in total. The van der Waals surface area contributed by atoms with E-state index in [-0.39, 0.29) is 0 Å². The molecule has 3 heteroatoms. The predicted octanol–water partition coefficient (Wildman–Crippen LogP) is 3.42. The van der Waals surface area contributed by atoms with E-state index in [1.807, 2.05) is 11.8 Å². The van der Waals surface area contributed by atoms with E-state index in [2.05, 4.69) is 47.1 Å². The lowest BCUT2D eigenvalue weighted by Crippen LogP contribution is -2.15. The molecule has 1 aromatic rings. The topological polar surface area (TPSA) is 26.0 Å². The van der Waals surface area contributed by atoms with Gasteiger partial charge in [0.2, 0.25) is 0 Å². The molecule has 0 amide bonds. The van der Waals surface area contributed by atoms with Gasteiger partial charge in [-0.1, -0.05) is 28.1 Å². The molecule has 2 N–H and O–H groups in total. The van der Waals surface area contributed by atoms with Crippen LogP contribution in [0.3, 0.4) is 0 Å². The zero-order valence-electron chi connectivity index (χ0n) is 8.37. The minimum Gasteiger partial charge on any atom is -0.328 e. The van der Waals surface area contributed by atoms with Crippen molar-refractivity contribution in [3.8, 4) is 0 Å².